The predicted molar refractivity (Wildman–Crippen MR) is 78.6 cm³/mol. The summed E-state index contributed by atoms with van der Waals surface area (Å²) >= 11 is 0. The Bertz CT molecular complexity index is 260. The van der Waals surface area contributed by atoms with Gasteiger partial charge in [0.05, 0.1) is 0 Å². The fourth-order valence-electron chi connectivity index (χ4n) is 3.70. The maximum absolute atomic E-state index is 6.25. The van der Waals surface area contributed by atoms with Gasteiger partial charge in [0, 0.05) is 24.7 Å². The smallest absolute Gasteiger partial charge is 0.0334 e. The van der Waals surface area contributed by atoms with Crippen molar-refractivity contribution in [3.63, 3.8) is 0 Å². The van der Waals surface area contributed by atoms with Crippen molar-refractivity contribution >= 4 is 0 Å². The Kier molecular flexibility index (Phi) is 4.71. The van der Waals surface area contributed by atoms with Crippen LogP contribution in [-0.2, 0) is 0 Å². The van der Waals surface area contributed by atoms with Crippen molar-refractivity contribution in [3.8, 4) is 0 Å². The predicted octanol–water partition coefficient (Wildman–Crippen LogP) is 3.40. The maximum Gasteiger partial charge on any atom is 0.0334 e. The van der Waals surface area contributed by atoms with Crippen molar-refractivity contribution in [2.75, 3.05) is 13.1 Å². The van der Waals surface area contributed by atoms with E-state index in [1.807, 2.05) is 0 Å². The molecule has 0 aromatic heterocycles. The van der Waals surface area contributed by atoms with E-state index in [0.717, 1.165) is 18.4 Å². The van der Waals surface area contributed by atoms with Crippen LogP contribution in [0, 0.1) is 11.8 Å². The van der Waals surface area contributed by atoms with Crippen molar-refractivity contribution in [1.82, 2.24) is 4.90 Å². The quantitative estimate of drug-likeness (QED) is 0.760. The summed E-state index contributed by atoms with van der Waals surface area (Å²) in [5.74, 6) is 1.87. The van der Waals surface area contributed by atoms with Gasteiger partial charge in [-0.1, -0.05) is 19.8 Å². The molecule has 2 atom stereocenters. The highest BCUT2D eigenvalue weighted by atomic mass is 15.2. The minimum atomic E-state index is 0.307. The zero-order valence-electron chi connectivity index (χ0n) is 12.6. The molecule has 0 spiro atoms. The summed E-state index contributed by atoms with van der Waals surface area (Å²) in [6.45, 7) is 9.27. The van der Waals surface area contributed by atoms with E-state index in [0.29, 0.717) is 11.6 Å². The lowest BCUT2D eigenvalue weighted by atomic mass is 9.86. The van der Waals surface area contributed by atoms with Crippen LogP contribution in [0.1, 0.15) is 65.7 Å². The standard InChI is InChI=1S/C16H32N2/c1-13(2)18(11-15-6-7-15)16(12-17)9-4-5-14(3)8-10-16/h13-15H,4-12,17H2,1-3H3. The number of nitrogens with two attached hydrogens (primary N) is 1. The van der Waals surface area contributed by atoms with Gasteiger partial charge >= 0.3 is 0 Å². The fraction of sp³-hybridized carbons (Fsp3) is 1.00. The number of hydrogen-bond acceptors (Lipinski definition) is 2. The van der Waals surface area contributed by atoms with Crippen LogP contribution in [0.5, 0.6) is 0 Å². The van der Waals surface area contributed by atoms with Crippen molar-refractivity contribution in [2.24, 2.45) is 17.6 Å². The van der Waals surface area contributed by atoms with Crippen LogP contribution in [0.2, 0.25) is 0 Å². The Hall–Kier alpha value is -0.0800. The lowest BCUT2D eigenvalue weighted by molar-refractivity contribution is 0.0424. The molecule has 0 amide bonds. The van der Waals surface area contributed by atoms with Crippen molar-refractivity contribution < 1.29 is 0 Å². The summed E-state index contributed by atoms with van der Waals surface area (Å²) in [4.78, 5) is 2.77. The van der Waals surface area contributed by atoms with Crippen molar-refractivity contribution in [3.05, 3.63) is 0 Å². The van der Waals surface area contributed by atoms with E-state index in [1.165, 1.54) is 51.5 Å². The molecule has 2 N–H and O–H groups in total. The van der Waals surface area contributed by atoms with Crippen LogP contribution in [0.25, 0.3) is 0 Å². The summed E-state index contributed by atoms with van der Waals surface area (Å²) in [5, 5.41) is 0. The largest absolute Gasteiger partial charge is 0.329 e. The molecule has 0 heterocycles. The lowest BCUT2D eigenvalue weighted by Gasteiger charge is -2.46. The van der Waals surface area contributed by atoms with Crippen molar-refractivity contribution in [1.29, 1.82) is 0 Å². The molecular formula is C16H32N2. The number of rotatable bonds is 5. The van der Waals surface area contributed by atoms with E-state index in [2.05, 4.69) is 25.7 Å². The van der Waals surface area contributed by atoms with Crippen LogP contribution in [0.3, 0.4) is 0 Å². The monoisotopic (exact) mass is 252 g/mol. The molecule has 2 heteroatoms. The van der Waals surface area contributed by atoms with Gasteiger partial charge in [-0.3, -0.25) is 4.90 Å². The van der Waals surface area contributed by atoms with Crippen LogP contribution in [-0.4, -0.2) is 29.6 Å². The molecule has 0 saturated heterocycles. The normalized spacial score (nSPS) is 34.0. The van der Waals surface area contributed by atoms with Gasteiger partial charge in [0.25, 0.3) is 0 Å². The second-order valence-corrected chi connectivity index (χ2v) is 7.15. The maximum atomic E-state index is 6.25. The zero-order chi connectivity index (χ0) is 13.2. The van der Waals surface area contributed by atoms with Gasteiger partial charge in [0.2, 0.25) is 0 Å². The summed E-state index contributed by atoms with van der Waals surface area (Å²) in [7, 11) is 0. The molecule has 2 unspecified atom stereocenters. The number of nitrogens with zero attached hydrogens (tertiary/aromatic N) is 1. The Morgan fingerprint density at radius 1 is 1.17 bits per heavy atom. The van der Waals surface area contributed by atoms with E-state index in [4.69, 9.17) is 5.73 Å². The molecule has 2 saturated carbocycles. The minimum Gasteiger partial charge on any atom is -0.329 e. The van der Waals surface area contributed by atoms with Gasteiger partial charge in [-0.15, -0.1) is 0 Å². The highest BCUT2D eigenvalue weighted by Gasteiger charge is 2.40. The van der Waals surface area contributed by atoms with Gasteiger partial charge in [0.1, 0.15) is 0 Å². The Morgan fingerprint density at radius 2 is 1.89 bits per heavy atom. The molecule has 2 aliphatic rings. The second kappa shape index (κ2) is 5.92. The fourth-order valence-corrected chi connectivity index (χ4v) is 3.70. The van der Waals surface area contributed by atoms with Crippen LogP contribution >= 0.6 is 0 Å². The number of hydrogen-bond donors (Lipinski definition) is 1. The first-order valence-electron chi connectivity index (χ1n) is 8.04. The summed E-state index contributed by atoms with van der Waals surface area (Å²) in [6.07, 6.45) is 9.66. The zero-order valence-corrected chi connectivity index (χ0v) is 12.6. The van der Waals surface area contributed by atoms with Gasteiger partial charge in [-0.05, 0) is 57.8 Å². The Morgan fingerprint density at radius 3 is 2.44 bits per heavy atom. The SMILES string of the molecule is CC1CCCC(CN)(N(CC2CC2)C(C)C)CC1. The summed E-state index contributed by atoms with van der Waals surface area (Å²) < 4.78 is 0. The second-order valence-electron chi connectivity index (χ2n) is 7.15. The minimum absolute atomic E-state index is 0.307. The van der Waals surface area contributed by atoms with E-state index < -0.39 is 0 Å². The van der Waals surface area contributed by atoms with E-state index >= 15 is 0 Å². The molecule has 106 valence electrons. The molecular weight excluding hydrogens is 220 g/mol. The summed E-state index contributed by atoms with van der Waals surface area (Å²) in [5.41, 5.74) is 6.55. The average Bonchev–Trinajstić information content (AvgIpc) is 3.14. The lowest BCUT2D eigenvalue weighted by Crippen LogP contribution is -2.57. The molecule has 0 radical (unpaired) electrons. The molecule has 2 rings (SSSR count). The van der Waals surface area contributed by atoms with E-state index in [-0.39, 0.29) is 0 Å². The molecule has 2 nitrogen and oxygen atoms in total. The molecule has 0 aromatic carbocycles. The average molecular weight is 252 g/mol. The highest BCUT2D eigenvalue weighted by Crippen LogP contribution is 2.39. The molecule has 0 aliphatic heterocycles. The van der Waals surface area contributed by atoms with E-state index in [1.54, 1.807) is 0 Å². The summed E-state index contributed by atoms with van der Waals surface area (Å²) in [6, 6.07) is 0.641. The molecule has 0 bridgehead atoms. The third-order valence-electron chi connectivity index (χ3n) is 5.21. The third-order valence-corrected chi connectivity index (χ3v) is 5.21. The Labute approximate surface area is 113 Å². The highest BCUT2D eigenvalue weighted by molar-refractivity contribution is 4.97. The van der Waals surface area contributed by atoms with Gasteiger partial charge < -0.3 is 5.73 Å². The molecule has 2 aliphatic carbocycles. The Balaban J connectivity index is 2.10. The van der Waals surface area contributed by atoms with Crippen LogP contribution < -0.4 is 5.73 Å². The van der Waals surface area contributed by atoms with Crippen LogP contribution in [0.4, 0.5) is 0 Å². The first-order valence-corrected chi connectivity index (χ1v) is 8.04. The topological polar surface area (TPSA) is 29.3 Å². The van der Waals surface area contributed by atoms with Gasteiger partial charge in [0.15, 0.2) is 0 Å². The first-order chi connectivity index (χ1) is 8.57. The first kappa shape index (κ1) is 14.3. The third kappa shape index (κ3) is 3.27. The van der Waals surface area contributed by atoms with Gasteiger partial charge in [-0.2, -0.15) is 0 Å². The van der Waals surface area contributed by atoms with Crippen LogP contribution in [0.15, 0.2) is 0 Å². The van der Waals surface area contributed by atoms with E-state index in [9.17, 15) is 0 Å². The molecule has 2 fully saturated rings. The van der Waals surface area contributed by atoms with Gasteiger partial charge in [-0.25, -0.2) is 0 Å². The van der Waals surface area contributed by atoms with Crippen molar-refractivity contribution in [2.45, 2.75) is 77.3 Å². The molecule has 18 heavy (non-hydrogen) atoms. The molecule has 0 aromatic rings.